The zero-order chi connectivity index (χ0) is 15.9. The van der Waals surface area contributed by atoms with E-state index in [1.165, 1.54) is 12.3 Å². The SMILES string of the molecule is CCOc1ccccc1CNc1c(C#N)ccnc1C(N)=O. The lowest BCUT2D eigenvalue weighted by molar-refractivity contribution is 0.0996. The number of benzene rings is 1. The summed E-state index contributed by atoms with van der Waals surface area (Å²) >= 11 is 0. The number of nitrogens with one attached hydrogen (secondary N) is 1. The van der Waals surface area contributed by atoms with E-state index in [0.29, 0.717) is 24.4 Å². The third-order valence-corrected chi connectivity index (χ3v) is 3.03. The number of pyridine rings is 1. The fourth-order valence-corrected chi connectivity index (χ4v) is 2.05. The number of aromatic nitrogens is 1. The van der Waals surface area contributed by atoms with Crippen LogP contribution in [0.4, 0.5) is 5.69 Å². The smallest absolute Gasteiger partial charge is 0.269 e. The molecule has 0 saturated carbocycles. The average Bonchev–Trinajstić information content (AvgIpc) is 2.53. The van der Waals surface area contributed by atoms with Gasteiger partial charge < -0.3 is 15.8 Å². The molecule has 3 N–H and O–H groups in total. The summed E-state index contributed by atoms with van der Waals surface area (Å²) in [5, 5.41) is 12.2. The molecule has 0 fully saturated rings. The van der Waals surface area contributed by atoms with Crippen LogP contribution in [-0.4, -0.2) is 17.5 Å². The molecular weight excluding hydrogens is 280 g/mol. The van der Waals surface area contributed by atoms with Crippen molar-refractivity contribution in [3.63, 3.8) is 0 Å². The summed E-state index contributed by atoms with van der Waals surface area (Å²) in [5.74, 6) is 0.0678. The maximum Gasteiger partial charge on any atom is 0.269 e. The lowest BCUT2D eigenvalue weighted by Gasteiger charge is -2.13. The van der Waals surface area contributed by atoms with E-state index in [1.807, 2.05) is 37.3 Å². The topological polar surface area (TPSA) is 101 Å². The molecular formula is C16H16N4O2. The van der Waals surface area contributed by atoms with Crippen LogP contribution in [0.3, 0.4) is 0 Å². The van der Waals surface area contributed by atoms with E-state index in [4.69, 9.17) is 15.7 Å². The number of para-hydroxylation sites is 1. The normalized spacial score (nSPS) is 9.82. The Labute approximate surface area is 128 Å². The molecule has 6 nitrogen and oxygen atoms in total. The molecule has 22 heavy (non-hydrogen) atoms. The van der Waals surface area contributed by atoms with Crippen LogP contribution in [0.5, 0.6) is 5.75 Å². The van der Waals surface area contributed by atoms with Crippen molar-refractivity contribution in [3.8, 4) is 11.8 Å². The Morgan fingerprint density at radius 3 is 2.86 bits per heavy atom. The molecule has 0 spiro atoms. The van der Waals surface area contributed by atoms with Crippen LogP contribution < -0.4 is 15.8 Å². The number of primary amides is 1. The van der Waals surface area contributed by atoms with Crippen LogP contribution in [0.15, 0.2) is 36.5 Å². The minimum Gasteiger partial charge on any atom is -0.494 e. The summed E-state index contributed by atoms with van der Waals surface area (Å²) in [7, 11) is 0. The molecule has 1 aromatic carbocycles. The van der Waals surface area contributed by atoms with Crippen LogP contribution in [-0.2, 0) is 6.54 Å². The van der Waals surface area contributed by atoms with Crippen molar-refractivity contribution in [1.29, 1.82) is 5.26 Å². The molecule has 2 rings (SSSR count). The second-order valence-electron chi connectivity index (χ2n) is 4.45. The van der Waals surface area contributed by atoms with E-state index in [2.05, 4.69) is 10.3 Å². The number of carbonyl (C=O) groups excluding carboxylic acids is 1. The summed E-state index contributed by atoms with van der Waals surface area (Å²) in [6.07, 6.45) is 1.39. The summed E-state index contributed by atoms with van der Waals surface area (Å²) in [6, 6.07) is 11.1. The van der Waals surface area contributed by atoms with Crippen molar-refractivity contribution >= 4 is 11.6 Å². The van der Waals surface area contributed by atoms with E-state index in [0.717, 1.165) is 11.3 Å². The first-order valence-corrected chi connectivity index (χ1v) is 6.80. The maximum atomic E-state index is 11.5. The Morgan fingerprint density at radius 1 is 1.41 bits per heavy atom. The van der Waals surface area contributed by atoms with Crippen molar-refractivity contribution in [1.82, 2.24) is 4.98 Å². The number of carbonyl (C=O) groups is 1. The van der Waals surface area contributed by atoms with E-state index in [1.54, 1.807) is 0 Å². The van der Waals surface area contributed by atoms with Crippen molar-refractivity contribution in [2.24, 2.45) is 5.73 Å². The first-order chi connectivity index (χ1) is 10.7. The number of amides is 1. The Balaban J connectivity index is 2.29. The number of anilines is 1. The second-order valence-corrected chi connectivity index (χ2v) is 4.45. The van der Waals surface area contributed by atoms with Crippen LogP contribution in [0.2, 0.25) is 0 Å². The first kappa shape index (κ1) is 15.3. The zero-order valence-electron chi connectivity index (χ0n) is 12.2. The average molecular weight is 296 g/mol. The van der Waals surface area contributed by atoms with Crippen molar-refractivity contribution in [2.45, 2.75) is 13.5 Å². The second kappa shape index (κ2) is 7.09. The number of nitriles is 1. The predicted octanol–water partition coefficient (Wildman–Crippen LogP) is 2.06. The van der Waals surface area contributed by atoms with Gasteiger partial charge in [-0.05, 0) is 19.1 Å². The van der Waals surface area contributed by atoms with Crippen molar-refractivity contribution in [2.75, 3.05) is 11.9 Å². The predicted molar refractivity (Wildman–Crippen MR) is 82.4 cm³/mol. The highest BCUT2D eigenvalue weighted by Crippen LogP contribution is 2.22. The largest absolute Gasteiger partial charge is 0.494 e. The molecule has 1 heterocycles. The fraction of sp³-hybridized carbons (Fsp3) is 0.188. The van der Waals surface area contributed by atoms with Gasteiger partial charge in [-0.15, -0.1) is 0 Å². The zero-order valence-corrected chi connectivity index (χ0v) is 12.2. The lowest BCUT2D eigenvalue weighted by Crippen LogP contribution is -2.17. The van der Waals surface area contributed by atoms with Crippen molar-refractivity contribution in [3.05, 3.63) is 53.3 Å². The van der Waals surface area contributed by atoms with Crippen LogP contribution in [0.25, 0.3) is 0 Å². The fourth-order valence-electron chi connectivity index (χ4n) is 2.05. The molecule has 0 bridgehead atoms. The summed E-state index contributed by atoms with van der Waals surface area (Å²) in [5.41, 5.74) is 6.92. The van der Waals surface area contributed by atoms with Gasteiger partial charge >= 0.3 is 0 Å². The molecule has 0 unspecified atom stereocenters. The third-order valence-electron chi connectivity index (χ3n) is 3.03. The number of ether oxygens (including phenoxy) is 1. The Morgan fingerprint density at radius 2 is 2.18 bits per heavy atom. The van der Waals surface area contributed by atoms with Gasteiger partial charge in [-0.3, -0.25) is 4.79 Å². The van der Waals surface area contributed by atoms with Gasteiger partial charge in [0.05, 0.1) is 17.9 Å². The standard InChI is InChI=1S/C16H16N4O2/c1-2-22-13-6-4-3-5-12(13)10-20-14-11(9-17)7-8-19-15(14)16(18)21/h3-8,20H,2,10H2,1H3,(H2,18,21). The number of hydrogen-bond donors (Lipinski definition) is 2. The minimum absolute atomic E-state index is 0.0490. The first-order valence-electron chi connectivity index (χ1n) is 6.80. The third kappa shape index (κ3) is 3.33. The Kier molecular flexibility index (Phi) is 4.94. The van der Waals surface area contributed by atoms with E-state index in [9.17, 15) is 4.79 Å². The lowest BCUT2D eigenvalue weighted by atomic mass is 10.1. The molecule has 0 atom stereocenters. The van der Waals surface area contributed by atoms with Gasteiger partial charge in [0, 0.05) is 18.3 Å². The van der Waals surface area contributed by atoms with Gasteiger partial charge in [-0.25, -0.2) is 4.98 Å². The molecule has 112 valence electrons. The van der Waals surface area contributed by atoms with E-state index in [-0.39, 0.29) is 5.69 Å². The quantitative estimate of drug-likeness (QED) is 0.849. The summed E-state index contributed by atoms with van der Waals surface area (Å²) in [4.78, 5) is 15.4. The Hall–Kier alpha value is -3.07. The van der Waals surface area contributed by atoms with Gasteiger partial charge in [0.1, 0.15) is 11.8 Å². The Bertz CT molecular complexity index is 722. The van der Waals surface area contributed by atoms with Gasteiger partial charge in [0.2, 0.25) is 0 Å². The number of hydrogen-bond acceptors (Lipinski definition) is 5. The molecule has 2 aromatic rings. The molecule has 1 amide bonds. The molecule has 0 saturated heterocycles. The van der Waals surface area contributed by atoms with Crippen LogP contribution in [0, 0.1) is 11.3 Å². The number of nitrogens with zero attached hydrogens (tertiary/aromatic N) is 2. The van der Waals surface area contributed by atoms with Gasteiger partial charge in [0.15, 0.2) is 5.69 Å². The van der Waals surface area contributed by atoms with Crippen molar-refractivity contribution < 1.29 is 9.53 Å². The summed E-state index contributed by atoms with van der Waals surface area (Å²) < 4.78 is 5.55. The van der Waals surface area contributed by atoms with Gasteiger partial charge in [0.25, 0.3) is 5.91 Å². The molecule has 1 aromatic heterocycles. The monoisotopic (exact) mass is 296 g/mol. The van der Waals surface area contributed by atoms with E-state index >= 15 is 0 Å². The molecule has 0 aliphatic heterocycles. The highest BCUT2D eigenvalue weighted by atomic mass is 16.5. The number of rotatable bonds is 6. The van der Waals surface area contributed by atoms with Gasteiger partial charge in [-0.1, -0.05) is 18.2 Å². The van der Waals surface area contributed by atoms with Gasteiger partial charge in [-0.2, -0.15) is 5.26 Å². The molecule has 0 aliphatic carbocycles. The summed E-state index contributed by atoms with van der Waals surface area (Å²) in [6.45, 7) is 2.85. The highest BCUT2D eigenvalue weighted by Gasteiger charge is 2.14. The minimum atomic E-state index is -0.683. The molecule has 6 heteroatoms. The number of nitrogens with two attached hydrogens (primary N) is 1. The molecule has 0 radical (unpaired) electrons. The maximum absolute atomic E-state index is 11.5. The molecule has 0 aliphatic rings. The van der Waals surface area contributed by atoms with E-state index < -0.39 is 5.91 Å². The van der Waals surface area contributed by atoms with Crippen LogP contribution >= 0.6 is 0 Å². The highest BCUT2D eigenvalue weighted by molar-refractivity contribution is 5.97. The van der Waals surface area contributed by atoms with Crippen LogP contribution in [0.1, 0.15) is 28.5 Å².